The molecule has 0 aliphatic rings. The molecule has 0 aliphatic heterocycles. The zero-order chi connectivity index (χ0) is 14.4. The van der Waals surface area contributed by atoms with Crippen LogP contribution < -0.4 is 10.1 Å². The monoisotopic (exact) mass is 289 g/mol. The third-order valence-corrected chi connectivity index (χ3v) is 3.56. The maximum Gasteiger partial charge on any atom is 0.119 e. The minimum absolute atomic E-state index is 0.218. The maximum absolute atomic E-state index is 6.20. The molecule has 2 nitrogen and oxygen atoms in total. The van der Waals surface area contributed by atoms with Gasteiger partial charge in [-0.15, -0.1) is 0 Å². The van der Waals surface area contributed by atoms with Crippen molar-refractivity contribution in [2.75, 3.05) is 6.61 Å². The molecule has 0 radical (unpaired) electrons. The molecule has 2 aromatic rings. The van der Waals surface area contributed by atoms with Crippen molar-refractivity contribution in [3.8, 4) is 5.75 Å². The van der Waals surface area contributed by atoms with E-state index in [2.05, 4.69) is 30.4 Å². The van der Waals surface area contributed by atoms with E-state index in [0.717, 1.165) is 22.9 Å². The Morgan fingerprint density at radius 3 is 2.45 bits per heavy atom. The molecule has 0 saturated carbocycles. The minimum Gasteiger partial charge on any atom is -0.494 e. The van der Waals surface area contributed by atoms with E-state index in [-0.39, 0.29) is 6.04 Å². The highest BCUT2D eigenvalue weighted by Crippen LogP contribution is 2.22. The largest absolute Gasteiger partial charge is 0.494 e. The van der Waals surface area contributed by atoms with Crippen molar-refractivity contribution in [3.63, 3.8) is 0 Å². The van der Waals surface area contributed by atoms with Gasteiger partial charge in [-0.3, -0.25) is 0 Å². The van der Waals surface area contributed by atoms with Crippen LogP contribution in [-0.4, -0.2) is 6.61 Å². The van der Waals surface area contributed by atoms with Crippen LogP contribution in [0.2, 0.25) is 5.02 Å². The average molecular weight is 290 g/mol. The molecule has 0 unspecified atom stereocenters. The Hall–Kier alpha value is -1.51. The lowest BCUT2D eigenvalue weighted by Crippen LogP contribution is -2.18. The molecule has 1 N–H and O–H groups in total. The highest BCUT2D eigenvalue weighted by molar-refractivity contribution is 6.31. The zero-order valence-corrected chi connectivity index (χ0v) is 12.7. The van der Waals surface area contributed by atoms with Gasteiger partial charge in [0, 0.05) is 17.6 Å². The maximum atomic E-state index is 6.20. The van der Waals surface area contributed by atoms with Gasteiger partial charge in [0.15, 0.2) is 0 Å². The van der Waals surface area contributed by atoms with Crippen LogP contribution in [-0.2, 0) is 6.54 Å². The van der Waals surface area contributed by atoms with Crippen molar-refractivity contribution in [1.82, 2.24) is 5.32 Å². The third kappa shape index (κ3) is 3.99. The first-order valence-electron chi connectivity index (χ1n) is 6.90. The smallest absolute Gasteiger partial charge is 0.119 e. The summed E-state index contributed by atoms with van der Waals surface area (Å²) in [6.45, 7) is 5.61. The van der Waals surface area contributed by atoms with E-state index < -0.39 is 0 Å². The number of rotatable bonds is 6. The SMILES string of the molecule is CCOc1ccc(CN[C@@H](C)c2ccccc2Cl)cc1. The van der Waals surface area contributed by atoms with Crippen molar-refractivity contribution in [1.29, 1.82) is 0 Å². The number of ether oxygens (including phenoxy) is 1. The molecule has 106 valence electrons. The Bertz CT molecular complexity index is 539. The second kappa shape index (κ2) is 7.32. The van der Waals surface area contributed by atoms with Gasteiger partial charge in [-0.2, -0.15) is 0 Å². The highest BCUT2D eigenvalue weighted by Gasteiger charge is 2.08. The molecule has 2 aromatic carbocycles. The Morgan fingerprint density at radius 1 is 1.10 bits per heavy atom. The normalized spacial score (nSPS) is 12.2. The molecule has 0 heterocycles. The molecular weight excluding hydrogens is 270 g/mol. The van der Waals surface area contributed by atoms with Gasteiger partial charge in [-0.25, -0.2) is 0 Å². The molecule has 1 atom stereocenters. The Balaban J connectivity index is 1.93. The van der Waals surface area contributed by atoms with Gasteiger partial charge in [0.1, 0.15) is 5.75 Å². The van der Waals surface area contributed by atoms with Crippen LogP contribution in [0.5, 0.6) is 5.75 Å². The molecule has 0 aliphatic carbocycles. The minimum atomic E-state index is 0.218. The van der Waals surface area contributed by atoms with E-state index in [0.29, 0.717) is 6.61 Å². The fraction of sp³-hybridized carbons (Fsp3) is 0.294. The first-order chi connectivity index (χ1) is 9.70. The number of benzene rings is 2. The number of hydrogen-bond acceptors (Lipinski definition) is 2. The highest BCUT2D eigenvalue weighted by atomic mass is 35.5. The molecule has 3 heteroatoms. The van der Waals surface area contributed by atoms with E-state index in [1.54, 1.807) is 0 Å². The van der Waals surface area contributed by atoms with Crippen molar-refractivity contribution in [2.24, 2.45) is 0 Å². The number of hydrogen-bond donors (Lipinski definition) is 1. The van der Waals surface area contributed by atoms with Crippen molar-refractivity contribution < 1.29 is 4.74 Å². The topological polar surface area (TPSA) is 21.3 Å². The van der Waals surface area contributed by atoms with E-state index in [4.69, 9.17) is 16.3 Å². The molecule has 0 amide bonds. The van der Waals surface area contributed by atoms with Gasteiger partial charge in [-0.1, -0.05) is 41.9 Å². The summed E-state index contributed by atoms with van der Waals surface area (Å²) in [5.74, 6) is 0.912. The Kier molecular flexibility index (Phi) is 5.45. The van der Waals surface area contributed by atoms with Crippen molar-refractivity contribution >= 4 is 11.6 Å². The van der Waals surface area contributed by atoms with E-state index >= 15 is 0 Å². The van der Waals surface area contributed by atoms with Gasteiger partial charge < -0.3 is 10.1 Å². The van der Waals surface area contributed by atoms with Crippen LogP contribution in [0.15, 0.2) is 48.5 Å². The summed E-state index contributed by atoms with van der Waals surface area (Å²) < 4.78 is 5.43. The molecule has 0 aromatic heterocycles. The van der Waals surface area contributed by atoms with Crippen LogP contribution in [0.25, 0.3) is 0 Å². The van der Waals surface area contributed by atoms with Gasteiger partial charge >= 0.3 is 0 Å². The lowest BCUT2D eigenvalue weighted by molar-refractivity contribution is 0.340. The second-order valence-electron chi connectivity index (χ2n) is 4.70. The lowest BCUT2D eigenvalue weighted by Gasteiger charge is -2.16. The fourth-order valence-electron chi connectivity index (χ4n) is 2.08. The second-order valence-corrected chi connectivity index (χ2v) is 5.11. The van der Waals surface area contributed by atoms with Gasteiger partial charge in [0.25, 0.3) is 0 Å². The molecule has 0 spiro atoms. The quantitative estimate of drug-likeness (QED) is 0.840. The van der Waals surface area contributed by atoms with Crippen LogP contribution >= 0.6 is 11.6 Å². The summed E-state index contributed by atoms with van der Waals surface area (Å²) >= 11 is 6.20. The summed E-state index contributed by atoms with van der Waals surface area (Å²) in [6, 6.07) is 16.3. The third-order valence-electron chi connectivity index (χ3n) is 3.22. The van der Waals surface area contributed by atoms with Crippen molar-refractivity contribution in [2.45, 2.75) is 26.4 Å². The molecule has 2 rings (SSSR count). The van der Waals surface area contributed by atoms with Gasteiger partial charge in [0.2, 0.25) is 0 Å². The summed E-state index contributed by atoms with van der Waals surface area (Å²) in [5, 5.41) is 4.29. The first kappa shape index (κ1) is 14.9. The predicted octanol–water partition coefficient (Wildman–Crippen LogP) is 4.59. The molecule has 0 saturated heterocycles. The Labute approximate surface area is 125 Å². The predicted molar refractivity (Wildman–Crippen MR) is 84.3 cm³/mol. The van der Waals surface area contributed by atoms with E-state index in [1.165, 1.54) is 5.56 Å². The van der Waals surface area contributed by atoms with Gasteiger partial charge in [0.05, 0.1) is 6.61 Å². The van der Waals surface area contributed by atoms with Crippen molar-refractivity contribution in [3.05, 3.63) is 64.7 Å². The molecule has 0 bridgehead atoms. The summed E-state index contributed by atoms with van der Waals surface area (Å²) in [6.07, 6.45) is 0. The summed E-state index contributed by atoms with van der Waals surface area (Å²) in [4.78, 5) is 0. The first-order valence-corrected chi connectivity index (χ1v) is 7.28. The Morgan fingerprint density at radius 2 is 1.80 bits per heavy atom. The molecular formula is C17H20ClNO. The van der Waals surface area contributed by atoms with Crippen LogP contribution in [0.4, 0.5) is 0 Å². The molecule has 20 heavy (non-hydrogen) atoms. The van der Waals surface area contributed by atoms with Gasteiger partial charge in [-0.05, 0) is 43.2 Å². The summed E-state index contributed by atoms with van der Waals surface area (Å²) in [5.41, 5.74) is 2.35. The standard InChI is InChI=1S/C17H20ClNO/c1-3-20-15-10-8-14(9-11-15)12-19-13(2)16-6-4-5-7-17(16)18/h4-11,13,19H,3,12H2,1-2H3/t13-/m0/s1. The average Bonchev–Trinajstić information content (AvgIpc) is 2.47. The fourth-order valence-corrected chi connectivity index (χ4v) is 2.38. The van der Waals surface area contributed by atoms with E-state index in [9.17, 15) is 0 Å². The van der Waals surface area contributed by atoms with Crippen LogP contribution in [0.1, 0.15) is 31.0 Å². The zero-order valence-electron chi connectivity index (χ0n) is 11.9. The lowest BCUT2D eigenvalue weighted by atomic mass is 10.1. The number of nitrogens with one attached hydrogen (secondary N) is 1. The molecule has 0 fully saturated rings. The van der Waals surface area contributed by atoms with E-state index in [1.807, 2.05) is 37.3 Å². The van der Waals surface area contributed by atoms with Crippen LogP contribution in [0.3, 0.4) is 0 Å². The van der Waals surface area contributed by atoms with Crippen LogP contribution in [0, 0.1) is 0 Å². The summed E-state index contributed by atoms with van der Waals surface area (Å²) in [7, 11) is 0. The number of halogens is 1.